The minimum Gasteiger partial charge on any atom is -0.487 e. The van der Waals surface area contributed by atoms with E-state index in [0.717, 1.165) is 32.9 Å². The Balaban J connectivity index is 0.929. The molecule has 3 heterocycles. The highest BCUT2D eigenvalue weighted by molar-refractivity contribution is 7.13. The summed E-state index contributed by atoms with van der Waals surface area (Å²) in [5.74, 6) is 13.7. The minimum absolute atomic E-state index is 0.0354. The number of ether oxygens (including phenoxy) is 5. The smallest absolute Gasteiger partial charge is 0.246 e. The Hall–Kier alpha value is -7.04. The highest BCUT2D eigenvalue weighted by atomic mass is 32.1. The highest BCUT2D eigenvalue weighted by Gasteiger charge is 2.44. The molecule has 16 nitrogen and oxygen atoms in total. The van der Waals surface area contributed by atoms with Crippen molar-refractivity contribution in [1.29, 1.82) is 0 Å². The Morgan fingerprint density at radius 3 is 2.38 bits per heavy atom. The van der Waals surface area contributed by atoms with Gasteiger partial charge in [-0.15, -0.1) is 17.8 Å². The molecular weight excluding hydrogens is 887 g/mol. The van der Waals surface area contributed by atoms with Crippen molar-refractivity contribution in [2.24, 2.45) is 5.41 Å². The first-order chi connectivity index (χ1) is 32.8. The molecule has 2 aromatic heterocycles. The van der Waals surface area contributed by atoms with Crippen LogP contribution in [0.2, 0.25) is 0 Å². The molecule has 3 atom stereocenters. The van der Waals surface area contributed by atoms with Gasteiger partial charge in [-0.1, -0.05) is 68.9 Å². The molecule has 3 aromatic carbocycles. The summed E-state index contributed by atoms with van der Waals surface area (Å²) in [4.78, 5) is 56.0. The molecule has 0 spiro atoms. The summed E-state index contributed by atoms with van der Waals surface area (Å²) in [6.07, 6.45) is 6.24. The zero-order chi connectivity index (χ0) is 48.5. The number of nitrogens with one attached hydrogen (secondary N) is 3. The summed E-state index contributed by atoms with van der Waals surface area (Å²) >= 11 is 1.57. The molecule has 0 aliphatic carbocycles. The van der Waals surface area contributed by atoms with Gasteiger partial charge in [0.2, 0.25) is 17.7 Å². The summed E-state index contributed by atoms with van der Waals surface area (Å²) in [5.41, 5.74) is 6.11. The number of carbonyl (C=O) groups excluding carboxylic acids is 3. The molecule has 5 aromatic rings. The summed E-state index contributed by atoms with van der Waals surface area (Å²) < 4.78 is 28.2. The van der Waals surface area contributed by atoms with E-state index < -0.39 is 35.4 Å². The molecule has 68 heavy (non-hydrogen) atoms. The lowest BCUT2D eigenvalue weighted by Crippen LogP contribution is -2.58. The van der Waals surface area contributed by atoms with Crippen molar-refractivity contribution in [2.75, 3.05) is 65.2 Å². The molecular formula is C51H55N7O9S. The number of benzene rings is 3. The molecule has 0 saturated carbocycles. The first kappa shape index (κ1) is 50.4. The third-order valence-electron chi connectivity index (χ3n) is 10.6. The predicted molar refractivity (Wildman–Crippen MR) is 259 cm³/mol. The molecule has 0 bridgehead atoms. The number of terminal acetylenes is 1. The molecule has 354 valence electrons. The Morgan fingerprint density at radius 1 is 0.941 bits per heavy atom. The molecule has 3 amide bonds. The quantitative estimate of drug-likeness (QED) is 0.0600. The van der Waals surface area contributed by atoms with Crippen molar-refractivity contribution in [2.45, 2.75) is 58.8 Å². The topological polar surface area (TPSA) is 196 Å². The number of hydrogen-bond acceptors (Lipinski definition) is 14. The van der Waals surface area contributed by atoms with Crippen molar-refractivity contribution >= 4 is 51.5 Å². The van der Waals surface area contributed by atoms with E-state index in [1.165, 1.54) is 11.2 Å². The van der Waals surface area contributed by atoms with E-state index in [9.17, 15) is 19.5 Å². The van der Waals surface area contributed by atoms with Crippen molar-refractivity contribution in [1.82, 2.24) is 30.5 Å². The number of thiazole rings is 1. The largest absolute Gasteiger partial charge is 0.487 e. The van der Waals surface area contributed by atoms with Gasteiger partial charge in [0.05, 0.1) is 40.9 Å². The van der Waals surface area contributed by atoms with Crippen LogP contribution in [0.15, 0.2) is 72.5 Å². The molecule has 17 heteroatoms. The van der Waals surface area contributed by atoms with E-state index in [1.807, 2.05) is 76.2 Å². The SMILES string of the molecule is C#Cc1cccc(Nc2ncnc3cc(OCCOC)c(OCCOCC#CC#CCOCC(=O)N[C@H](C(=O)N4C[C@@H](O)C[C@H]4C(=O)NCc4ccc(-c5scnc5C)cc4)C(C)(C)C)cc23)c1. The molecule has 1 saturated heterocycles. The van der Waals surface area contributed by atoms with Crippen LogP contribution >= 0.6 is 11.3 Å². The molecule has 1 aliphatic heterocycles. The number of methoxy groups -OCH3 is 1. The van der Waals surface area contributed by atoms with Crippen LogP contribution in [-0.4, -0.2) is 121 Å². The number of amides is 3. The number of aromatic nitrogens is 3. The average molecular weight is 942 g/mol. The monoisotopic (exact) mass is 941 g/mol. The van der Waals surface area contributed by atoms with Gasteiger partial charge >= 0.3 is 0 Å². The normalized spacial score (nSPS) is 14.7. The van der Waals surface area contributed by atoms with Gasteiger partial charge in [0, 0.05) is 49.3 Å². The second-order valence-corrected chi connectivity index (χ2v) is 17.5. The van der Waals surface area contributed by atoms with E-state index >= 15 is 0 Å². The lowest BCUT2D eigenvalue weighted by Gasteiger charge is -2.35. The summed E-state index contributed by atoms with van der Waals surface area (Å²) in [5, 5.41) is 20.2. The van der Waals surface area contributed by atoms with E-state index in [4.69, 9.17) is 30.1 Å². The van der Waals surface area contributed by atoms with Crippen LogP contribution in [0.25, 0.3) is 21.3 Å². The van der Waals surface area contributed by atoms with Crippen LogP contribution < -0.4 is 25.4 Å². The minimum atomic E-state index is -0.998. The fourth-order valence-corrected chi connectivity index (χ4v) is 7.93. The van der Waals surface area contributed by atoms with Crippen LogP contribution in [0.4, 0.5) is 11.5 Å². The lowest BCUT2D eigenvalue weighted by atomic mass is 9.85. The first-order valence-corrected chi connectivity index (χ1v) is 22.8. The molecule has 1 aliphatic rings. The lowest BCUT2D eigenvalue weighted by molar-refractivity contribution is -0.144. The van der Waals surface area contributed by atoms with E-state index in [1.54, 1.807) is 36.1 Å². The molecule has 0 radical (unpaired) electrons. The zero-order valence-corrected chi connectivity index (χ0v) is 39.5. The summed E-state index contributed by atoms with van der Waals surface area (Å²) in [6, 6.07) is 17.0. The van der Waals surface area contributed by atoms with Crippen LogP contribution in [-0.2, 0) is 35.1 Å². The number of carbonyl (C=O) groups is 3. The van der Waals surface area contributed by atoms with Gasteiger partial charge in [-0.3, -0.25) is 14.4 Å². The van der Waals surface area contributed by atoms with Crippen molar-refractivity contribution in [3.05, 3.63) is 89.3 Å². The zero-order valence-electron chi connectivity index (χ0n) is 38.7. The van der Waals surface area contributed by atoms with E-state index in [2.05, 4.69) is 60.5 Å². The molecule has 1 fully saturated rings. The van der Waals surface area contributed by atoms with Crippen molar-refractivity contribution in [3.8, 4) is 58.0 Å². The summed E-state index contributed by atoms with van der Waals surface area (Å²) in [6.45, 7) is 8.35. The number of hydrogen-bond donors (Lipinski definition) is 4. The van der Waals surface area contributed by atoms with Gasteiger partial charge in [-0.05, 0) is 59.6 Å². The fraction of sp³-hybridized carbons (Fsp3) is 0.373. The molecule has 0 unspecified atom stereocenters. The number of fused-ring (bicyclic) bond motifs is 1. The van der Waals surface area contributed by atoms with E-state index in [0.29, 0.717) is 41.4 Å². The maximum atomic E-state index is 13.9. The molecule has 6 rings (SSSR count). The van der Waals surface area contributed by atoms with E-state index in [-0.39, 0.29) is 58.5 Å². The number of aliphatic hydroxyl groups excluding tert-OH is 1. The van der Waals surface area contributed by atoms with Gasteiger partial charge in [0.15, 0.2) is 11.5 Å². The number of aryl methyl sites for hydroxylation is 1. The Bertz CT molecular complexity index is 2710. The van der Waals surface area contributed by atoms with Crippen molar-refractivity contribution in [3.63, 3.8) is 0 Å². The number of nitrogens with zero attached hydrogens (tertiary/aromatic N) is 4. The number of anilines is 2. The number of rotatable bonds is 20. The number of likely N-dealkylation sites (tertiary alicyclic amines) is 1. The average Bonchev–Trinajstić information content (AvgIpc) is 3.95. The van der Waals surface area contributed by atoms with Crippen molar-refractivity contribution < 1.29 is 43.2 Å². The van der Waals surface area contributed by atoms with Crippen LogP contribution in [0, 0.1) is 48.4 Å². The van der Waals surface area contributed by atoms with Gasteiger partial charge in [-0.2, -0.15) is 0 Å². The summed E-state index contributed by atoms with van der Waals surface area (Å²) in [7, 11) is 1.59. The second kappa shape index (κ2) is 24.6. The fourth-order valence-electron chi connectivity index (χ4n) is 7.12. The van der Waals surface area contributed by atoms with Crippen LogP contribution in [0.1, 0.15) is 44.0 Å². The van der Waals surface area contributed by atoms with Gasteiger partial charge in [0.25, 0.3) is 0 Å². The first-order valence-electron chi connectivity index (χ1n) is 21.9. The maximum absolute atomic E-state index is 13.9. The standard InChI is InChI=1S/C51H55N7O9S/c1-7-35-13-12-14-38(25-35)56-48-40-27-43(44(66-23-21-63-6)28-41(40)53-32-54-48)67-24-22-64-19-10-8-9-11-20-65-31-45(60)57-47(51(3,4)5)50(62)58-30-39(59)26-42(58)49(61)52-29-36-15-17-37(18-16-36)46-34(2)55-33-68-46/h1,12-18,25,27-28,32-33,39,42,47,59H,19-24,26,29-31H2,2-6H3,(H,52,61)(H,57,60)(H,53,54,56)/t39-,42-,47+/m0/s1. The third kappa shape index (κ3) is 14.2. The van der Waals surface area contributed by atoms with Gasteiger partial charge in [-0.25, -0.2) is 15.0 Å². The Kier molecular flexibility index (Phi) is 18.3. The van der Waals surface area contributed by atoms with Gasteiger partial charge in [0.1, 0.15) is 57.3 Å². The Morgan fingerprint density at radius 2 is 1.68 bits per heavy atom. The van der Waals surface area contributed by atoms with Crippen LogP contribution in [0.5, 0.6) is 11.5 Å². The predicted octanol–water partition coefficient (Wildman–Crippen LogP) is 5.04. The molecule has 4 N–H and O–H groups in total. The highest BCUT2D eigenvalue weighted by Crippen LogP contribution is 2.35. The van der Waals surface area contributed by atoms with Crippen LogP contribution in [0.3, 0.4) is 0 Å². The maximum Gasteiger partial charge on any atom is 0.246 e. The Labute approximate surface area is 400 Å². The number of β-amino-alcohol motifs (C(OH)–C–C–N with tert-alkyl or cyclic N) is 1. The second-order valence-electron chi connectivity index (χ2n) is 16.7. The van der Waals surface area contributed by atoms with Gasteiger partial charge < -0.3 is 49.6 Å². The number of aliphatic hydroxyl groups is 1. The third-order valence-corrected chi connectivity index (χ3v) is 11.5.